The Morgan fingerprint density at radius 2 is 1.78 bits per heavy atom. The van der Waals surface area contributed by atoms with Crippen molar-refractivity contribution in [3.05, 3.63) is 68.9 Å². The summed E-state index contributed by atoms with van der Waals surface area (Å²) in [6.07, 6.45) is -5.10. The number of aromatic nitrogens is 3. The van der Waals surface area contributed by atoms with E-state index < -0.39 is 52.5 Å². The SMILES string of the molecule is Cc1cc(F)cc(C)c1NC(=O)c1cc(F)c(-n2nc3n(c2=O)CCCC3)cc1O[C@@H](C)C(F)(F)F. The fraction of sp³-hybridized carbons (Fsp3) is 0.375. The molecule has 0 bridgehead atoms. The number of carbonyl (C=O) groups excluding carboxylic acids is 1. The summed E-state index contributed by atoms with van der Waals surface area (Å²) in [5.74, 6) is -2.73. The maximum absolute atomic E-state index is 15.2. The van der Waals surface area contributed by atoms with Gasteiger partial charge in [0, 0.05) is 24.7 Å². The summed E-state index contributed by atoms with van der Waals surface area (Å²) < 4.78 is 75.9. The number of nitrogens with one attached hydrogen (secondary N) is 1. The summed E-state index contributed by atoms with van der Waals surface area (Å²) in [5, 5.41) is 6.63. The molecule has 3 aromatic rings. The number of hydrogen-bond donors (Lipinski definition) is 1. The molecule has 0 fully saturated rings. The molecule has 0 spiro atoms. The third-order valence-corrected chi connectivity index (χ3v) is 5.99. The van der Waals surface area contributed by atoms with Crippen molar-refractivity contribution in [3.8, 4) is 11.4 Å². The van der Waals surface area contributed by atoms with Gasteiger partial charge in [0.25, 0.3) is 5.91 Å². The first-order chi connectivity index (χ1) is 16.9. The van der Waals surface area contributed by atoms with E-state index in [2.05, 4.69) is 10.4 Å². The number of rotatable bonds is 5. The summed E-state index contributed by atoms with van der Waals surface area (Å²) in [6, 6.07) is 3.89. The molecule has 2 aromatic carbocycles. The third-order valence-electron chi connectivity index (χ3n) is 5.99. The van der Waals surface area contributed by atoms with Gasteiger partial charge in [0.1, 0.15) is 28.9 Å². The number of benzene rings is 2. The average Bonchev–Trinajstić information content (AvgIpc) is 3.12. The van der Waals surface area contributed by atoms with E-state index in [-0.39, 0.29) is 5.69 Å². The van der Waals surface area contributed by atoms with E-state index in [1.807, 2.05) is 0 Å². The predicted molar refractivity (Wildman–Crippen MR) is 121 cm³/mol. The Bertz CT molecular complexity index is 1370. The molecule has 12 heteroatoms. The first kappa shape index (κ1) is 25.4. The van der Waals surface area contributed by atoms with Gasteiger partial charge in [0.2, 0.25) is 0 Å². The highest BCUT2D eigenvalue weighted by Crippen LogP contribution is 2.32. The van der Waals surface area contributed by atoms with Crippen LogP contribution in [0.4, 0.5) is 27.6 Å². The van der Waals surface area contributed by atoms with E-state index in [1.165, 1.54) is 30.5 Å². The standard InChI is InChI=1S/C24H23F5N4O3/c1-12-8-15(25)9-13(2)21(12)30-22(34)16-10-17(26)18(11-19(16)36-14(3)24(27,28)29)33-23(35)32-7-5-4-6-20(32)31-33/h8-11,14H,4-7H2,1-3H3,(H,30,34)/t14-/m0/s1. The van der Waals surface area contributed by atoms with Crippen LogP contribution in [0.1, 0.15) is 47.1 Å². The molecule has 1 aromatic heterocycles. The highest BCUT2D eigenvalue weighted by molar-refractivity contribution is 6.07. The summed E-state index contributed by atoms with van der Waals surface area (Å²) in [7, 11) is 0. The molecule has 0 saturated heterocycles. The molecule has 0 aliphatic carbocycles. The van der Waals surface area contributed by atoms with Gasteiger partial charge in [-0.15, -0.1) is 5.10 Å². The van der Waals surface area contributed by atoms with Gasteiger partial charge in [-0.05, 0) is 62.9 Å². The number of hydrogen-bond acceptors (Lipinski definition) is 4. The molecule has 192 valence electrons. The number of anilines is 1. The van der Waals surface area contributed by atoms with Crippen LogP contribution in [-0.2, 0) is 13.0 Å². The van der Waals surface area contributed by atoms with Crippen LogP contribution in [0.15, 0.2) is 29.1 Å². The van der Waals surface area contributed by atoms with E-state index in [0.717, 1.165) is 30.5 Å². The van der Waals surface area contributed by atoms with Crippen molar-refractivity contribution < 1.29 is 31.5 Å². The van der Waals surface area contributed by atoms with Crippen LogP contribution in [0.25, 0.3) is 5.69 Å². The van der Waals surface area contributed by atoms with Gasteiger partial charge < -0.3 is 10.1 Å². The zero-order chi connectivity index (χ0) is 26.4. The smallest absolute Gasteiger partial charge is 0.425 e. The Balaban J connectivity index is 1.80. The Labute approximate surface area is 202 Å². The number of halogens is 5. The van der Waals surface area contributed by atoms with Gasteiger partial charge in [-0.1, -0.05) is 0 Å². The number of ether oxygens (including phenoxy) is 1. The summed E-state index contributed by atoms with van der Waals surface area (Å²) in [6.45, 7) is 4.19. The number of aryl methyl sites for hydroxylation is 3. The zero-order valence-electron chi connectivity index (χ0n) is 19.7. The molecule has 1 amide bonds. The molecule has 36 heavy (non-hydrogen) atoms. The van der Waals surface area contributed by atoms with Crippen molar-refractivity contribution in [2.45, 2.75) is 58.9 Å². The highest BCUT2D eigenvalue weighted by Gasteiger charge is 2.39. The normalized spacial score (nSPS) is 14.3. The van der Waals surface area contributed by atoms with Crippen molar-refractivity contribution >= 4 is 11.6 Å². The Kier molecular flexibility index (Phi) is 6.63. The minimum atomic E-state index is -4.78. The fourth-order valence-electron chi connectivity index (χ4n) is 4.08. The van der Waals surface area contributed by atoms with Gasteiger partial charge in [0.05, 0.1) is 5.56 Å². The van der Waals surface area contributed by atoms with Crippen LogP contribution in [0.5, 0.6) is 5.75 Å². The quantitative estimate of drug-likeness (QED) is 0.498. The van der Waals surface area contributed by atoms with Crippen LogP contribution in [0, 0.1) is 25.5 Å². The Hall–Kier alpha value is -3.70. The lowest BCUT2D eigenvalue weighted by Crippen LogP contribution is -2.32. The van der Waals surface area contributed by atoms with E-state index in [4.69, 9.17) is 4.74 Å². The molecular formula is C24H23F5N4O3. The van der Waals surface area contributed by atoms with Crippen LogP contribution in [0.2, 0.25) is 0 Å². The minimum Gasteiger partial charge on any atom is -0.480 e. The van der Waals surface area contributed by atoms with Crippen LogP contribution in [0.3, 0.4) is 0 Å². The number of nitrogens with zero attached hydrogens (tertiary/aromatic N) is 3. The number of carbonyl (C=O) groups is 1. The van der Waals surface area contributed by atoms with Gasteiger partial charge >= 0.3 is 11.9 Å². The molecule has 2 heterocycles. The molecule has 7 nitrogen and oxygen atoms in total. The Morgan fingerprint density at radius 3 is 2.39 bits per heavy atom. The van der Waals surface area contributed by atoms with Crippen molar-refractivity contribution in [3.63, 3.8) is 0 Å². The second kappa shape index (κ2) is 9.40. The third kappa shape index (κ3) is 4.84. The zero-order valence-corrected chi connectivity index (χ0v) is 19.7. The lowest BCUT2D eigenvalue weighted by Gasteiger charge is -2.21. The molecule has 1 aliphatic rings. The van der Waals surface area contributed by atoms with Crippen molar-refractivity contribution in [1.29, 1.82) is 0 Å². The van der Waals surface area contributed by atoms with E-state index in [0.29, 0.717) is 36.0 Å². The number of amides is 1. The van der Waals surface area contributed by atoms with Gasteiger partial charge in [-0.25, -0.2) is 13.6 Å². The second-order valence-electron chi connectivity index (χ2n) is 8.69. The summed E-state index contributed by atoms with van der Waals surface area (Å²) >= 11 is 0. The lowest BCUT2D eigenvalue weighted by molar-refractivity contribution is -0.189. The highest BCUT2D eigenvalue weighted by atomic mass is 19.4. The largest absolute Gasteiger partial charge is 0.480 e. The van der Waals surface area contributed by atoms with Gasteiger partial charge in [-0.2, -0.15) is 17.9 Å². The first-order valence-electron chi connectivity index (χ1n) is 11.2. The number of fused-ring (bicyclic) bond motifs is 1. The minimum absolute atomic E-state index is 0.221. The monoisotopic (exact) mass is 510 g/mol. The summed E-state index contributed by atoms with van der Waals surface area (Å²) in [5.41, 5.74) is -0.685. The van der Waals surface area contributed by atoms with Crippen LogP contribution in [-0.4, -0.2) is 32.5 Å². The topological polar surface area (TPSA) is 78.2 Å². The molecule has 0 radical (unpaired) electrons. The fourth-order valence-corrected chi connectivity index (χ4v) is 4.08. The van der Waals surface area contributed by atoms with E-state index in [1.54, 1.807) is 0 Å². The molecule has 1 atom stereocenters. The molecular weight excluding hydrogens is 487 g/mol. The van der Waals surface area contributed by atoms with Crippen molar-refractivity contribution in [2.75, 3.05) is 5.32 Å². The average molecular weight is 510 g/mol. The first-order valence-corrected chi connectivity index (χ1v) is 11.2. The van der Waals surface area contributed by atoms with Crippen LogP contribution < -0.4 is 15.7 Å². The maximum Gasteiger partial charge on any atom is 0.425 e. The van der Waals surface area contributed by atoms with Crippen molar-refractivity contribution in [2.24, 2.45) is 0 Å². The van der Waals surface area contributed by atoms with E-state index in [9.17, 15) is 27.2 Å². The molecule has 0 saturated carbocycles. The lowest BCUT2D eigenvalue weighted by atomic mass is 10.1. The molecule has 1 N–H and O–H groups in total. The van der Waals surface area contributed by atoms with Crippen LogP contribution >= 0.6 is 0 Å². The van der Waals surface area contributed by atoms with Crippen molar-refractivity contribution in [1.82, 2.24) is 14.3 Å². The number of alkyl halides is 3. The maximum atomic E-state index is 15.2. The molecule has 1 aliphatic heterocycles. The molecule has 0 unspecified atom stereocenters. The van der Waals surface area contributed by atoms with Gasteiger partial charge in [-0.3, -0.25) is 9.36 Å². The Morgan fingerprint density at radius 1 is 1.11 bits per heavy atom. The second-order valence-corrected chi connectivity index (χ2v) is 8.69. The van der Waals surface area contributed by atoms with E-state index >= 15 is 4.39 Å². The summed E-state index contributed by atoms with van der Waals surface area (Å²) in [4.78, 5) is 25.8. The van der Waals surface area contributed by atoms with Gasteiger partial charge in [0.15, 0.2) is 6.10 Å². The predicted octanol–water partition coefficient (Wildman–Crippen LogP) is 4.85. The molecule has 4 rings (SSSR count).